The maximum Gasteiger partial charge on any atom is 0.289 e. The number of nitrogens with one attached hydrogen (secondary N) is 4. The number of hydrogen-bond donors (Lipinski definition) is 4. The Kier molecular flexibility index (Phi) is 2.53. The summed E-state index contributed by atoms with van der Waals surface area (Å²) in [6.45, 7) is 0. The van der Waals surface area contributed by atoms with Gasteiger partial charge in [-0.05, 0) is 30.0 Å². The minimum absolute atomic E-state index is 0.0770. The van der Waals surface area contributed by atoms with Gasteiger partial charge >= 0.3 is 0 Å². The number of carbonyl (C=O) groups is 1. The van der Waals surface area contributed by atoms with Crippen LogP contribution in [0.1, 0.15) is 11.1 Å². The molecule has 0 spiro atoms. The first-order chi connectivity index (χ1) is 8.56. The Labute approximate surface area is 115 Å². The van der Waals surface area contributed by atoms with Gasteiger partial charge in [0.1, 0.15) is 11.7 Å². The van der Waals surface area contributed by atoms with Gasteiger partial charge in [-0.3, -0.25) is 15.6 Å². The van der Waals surface area contributed by atoms with Crippen LogP contribution in [0.5, 0.6) is 0 Å². The van der Waals surface area contributed by atoms with Gasteiger partial charge in [0.2, 0.25) is 0 Å². The maximum atomic E-state index is 11.3. The van der Waals surface area contributed by atoms with Gasteiger partial charge in [0.05, 0.1) is 10.6 Å². The highest BCUT2D eigenvalue weighted by Crippen LogP contribution is 2.36. The van der Waals surface area contributed by atoms with Crippen molar-refractivity contribution in [2.45, 2.75) is 0 Å². The van der Waals surface area contributed by atoms with Crippen molar-refractivity contribution in [3.63, 3.8) is 0 Å². The third-order valence-corrected chi connectivity index (χ3v) is 4.04. The van der Waals surface area contributed by atoms with Crippen molar-refractivity contribution in [3.8, 4) is 0 Å². The SMILES string of the molecule is N=C1NC(=O)S/C1=C1/NC(=N)c2ccc(Br)cc21. The van der Waals surface area contributed by atoms with E-state index in [0.29, 0.717) is 10.6 Å². The summed E-state index contributed by atoms with van der Waals surface area (Å²) in [5, 5.41) is 20.7. The lowest BCUT2D eigenvalue weighted by Crippen LogP contribution is -2.19. The van der Waals surface area contributed by atoms with Crippen LogP contribution in [0.4, 0.5) is 4.79 Å². The first-order valence-corrected chi connectivity index (χ1v) is 6.65. The van der Waals surface area contributed by atoms with Crippen molar-refractivity contribution in [2.75, 3.05) is 0 Å². The van der Waals surface area contributed by atoms with E-state index in [9.17, 15) is 4.79 Å². The number of carbonyl (C=O) groups excluding carboxylic acids is 1. The number of rotatable bonds is 0. The van der Waals surface area contributed by atoms with Gasteiger partial charge in [-0.25, -0.2) is 0 Å². The van der Waals surface area contributed by atoms with E-state index in [0.717, 1.165) is 27.4 Å². The third-order valence-electron chi connectivity index (χ3n) is 2.65. The van der Waals surface area contributed by atoms with Gasteiger partial charge in [0, 0.05) is 15.6 Å². The Balaban J connectivity index is 2.21. The molecule has 1 amide bonds. The number of amides is 1. The fraction of sp³-hybridized carbons (Fsp3) is 0. The van der Waals surface area contributed by atoms with Crippen LogP contribution in [-0.4, -0.2) is 16.9 Å². The summed E-state index contributed by atoms with van der Waals surface area (Å²) < 4.78 is 0.893. The molecule has 4 N–H and O–H groups in total. The number of amidine groups is 2. The van der Waals surface area contributed by atoms with Crippen molar-refractivity contribution in [2.24, 2.45) is 0 Å². The largest absolute Gasteiger partial charge is 0.339 e. The lowest BCUT2D eigenvalue weighted by atomic mass is 10.1. The van der Waals surface area contributed by atoms with Crippen LogP contribution in [0.3, 0.4) is 0 Å². The summed E-state index contributed by atoms with van der Waals surface area (Å²) in [6, 6.07) is 5.57. The van der Waals surface area contributed by atoms with E-state index in [-0.39, 0.29) is 16.9 Å². The smallest absolute Gasteiger partial charge is 0.289 e. The summed E-state index contributed by atoms with van der Waals surface area (Å²) in [5.41, 5.74) is 2.25. The Hall–Kier alpha value is -1.60. The molecule has 1 aromatic rings. The highest BCUT2D eigenvalue weighted by Gasteiger charge is 2.31. The molecule has 5 nitrogen and oxygen atoms in total. The second-order valence-corrected chi connectivity index (χ2v) is 5.68. The minimum atomic E-state index is -0.265. The van der Waals surface area contributed by atoms with Crippen LogP contribution in [0.15, 0.2) is 27.6 Å². The molecular formula is C11H7BrN4OS. The molecule has 0 bridgehead atoms. The molecule has 0 aromatic heterocycles. The fourth-order valence-corrected chi connectivity index (χ4v) is 3.00. The molecule has 2 heterocycles. The maximum absolute atomic E-state index is 11.3. The topological polar surface area (TPSA) is 88.8 Å². The van der Waals surface area contributed by atoms with Crippen LogP contribution in [0.2, 0.25) is 0 Å². The second kappa shape index (κ2) is 3.96. The van der Waals surface area contributed by atoms with Crippen molar-refractivity contribution in [3.05, 3.63) is 38.7 Å². The van der Waals surface area contributed by atoms with Gasteiger partial charge in [-0.1, -0.05) is 15.9 Å². The van der Waals surface area contributed by atoms with E-state index in [1.54, 1.807) is 0 Å². The van der Waals surface area contributed by atoms with Crippen molar-refractivity contribution >= 4 is 50.3 Å². The monoisotopic (exact) mass is 322 g/mol. The fourth-order valence-electron chi connectivity index (χ4n) is 1.88. The molecule has 0 saturated carbocycles. The van der Waals surface area contributed by atoms with Gasteiger partial charge in [0.25, 0.3) is 5.24 Å². The zero-order valence-electron chi connectivity index (χ0n) is 8.93. The number of benzene rings is 1. The van der Waals surface area contributed by atoms with Crippen molar-refractivity contribution in [1.29, 1.82) is 10.8 Å². The molecule has 18 heavy (non-hydrogen) atoms. The molecule has 0 radical (unpaired) electrons. The Morgan fingerprint density at radius 2 is 1.89 bits per heavy atom. The zero-order valence-corrected chi connectivity index (χ0v) is 11.3. The van der Waals surface area contributed by atoms with E-state index in [2.05, 4.69) is 26.6 Å². The van der Waals surface area contributed by atoms with Gasteiger partial charge in [0.15, 0.2) is 0 Å². The molecular weight excluding hydrogens is 316 g/mol. The molecule has 1 saturated heterocycles. The second-order valence-electron chi connectivity index (χ2n) is 3.78. The third kappa shape index (κ3) is 1.67. The van der Waals surface area contributed by atoms with Crippen LogP contribution < -0.4 is 10.6 Å². The normalized spacial score (nSPS) is 21.9. The van der Waals surface area contributed by atoms with Crippen LogP contribution >= 0.6 is 27.7 Å². The quantitative estimate of drug-likeness (QED) is 0.591. The zero-order chi connectivity index (χ0) is 12.9. The van der Waals surface area contributed by atoms with E-state index >= 15 is 0 Å². The number of fused-ring (bicyclic) bond motifs is 1. The summed E-state index contributed by atoms with van der Waals surface area (Å²) in [5.74, 6) is 0.362. The first kappa shape index (κ1) is 11.5. The van der Waals surface area contributed by atoms with Crippen molar-refractivity contribution < 1.29 is 4.79 Å². The van der Waals surface area contributed by atoms with E-state index in [1.807, 2.05) is 18.2 Å². The predicted molar refractivity (Wildman–Crippen MR) is 74.9 cm³/mol. The molecule has 90 valence electrons. The number of thioether (sulfide) groups is 1. The summed E-state index contributed by atoms with van der Waals surface area (Å²) in [7, 11) is 0. The lowest BCUT2D eigenvalue weighted by molar-refractivity contribution is 0.265. The molecule has 0 aliphatic carbocycles. The van der Waals surface area contributed by atoms with E-state index in [4.69, 9.17) is 10.8 Å². The van der Waals surface area contributed by atoms with Crippen LogP contribution in [0, 0.1) is 10.8 Å². The molecule has 0 atom stereocenters. The summed E-state index contributed by atoms with van der Waals surface area (Å²) in [4.78, 5) is 11.8. The average Bonchev–Trinajstić information content (AvgIpc) is 2.79. The van der Waals surface area contributed by atoms with Gasteiger partial charge in [-0.2, -0.15) is 0 Å². The molecule has 3 rings (SSSR count). The van der Waals surface area contributed by atoms with Crippen LogP contribution in [0.25, 0.3) is 5.70 Å². The highest BCUT2D eigenvalue weighted by molar-refractivity contribution is 9.10. The Morgan fingerprint density at radius 1 is 1.11 bits per heavy atom. The molecule has 0 unspecified atom stereocenters. The van der Waals surface area contributed by atoms with Crippen LogP contribution in [-0.2, 0) is 0 Å². The molecule has 1 fully saturated rings. The summed E-state index contributed by atoms with van der Waals surface area (Å²) in [6.07, 6.45) is 0. The average molecular weight is 323 g/mol. The molecule has 7 heteroatoms. The number of halogens is 1. The van der Waals surface area contributed by atoms with Crippen molar-refractivity contribution in [1.82, 2.24) is 10.6 Å². The molecule has 1 aromatic carbocycles. The lowest BCUT2D eigenvalue weighted by Gasteiger charge is -2.04. The van der Waals surface area contributed by atoms with E-state index < -0.39 is 0 Å². The van der Waals surface area contributed by atoms with E-state index in [1.165, 1.54) is 0 Å². The molecule has 2 aliphatic rings. The van der Waals surface area contributed by atoms with Gasteiger partial charge < -0.3 is 10.6 Å². The Bertz CT molecular complexity index is 652. The number of hydrogen-bond acceptors (Lipinski definition) is 4. The predicted octanol–water partition coefficient (Wildman–Crippen LogP) is 2.48. The highest BCUT2D eigenvalue weighted by atomic mass is 79.9. The standard InChI is InChI=1S/C11H7BrN4OS/c12-4-1-2-5-6(3-4)7(15-9(5)13)8-10(14)16-11(17)18-8/h1-3H,(H2,13,15)(H2,14,16,17)/b8-7+. The first-order valence-electron chi connectivity index (χ1n) is 5.04. The minimum Gasteiger partial charge on any atom is -0.339 e. The van der Waals surface area contributed by atoms with Gasteiger partial charge in [-0.15, -0.1) is 0 Å². The summed E-state index contributed by atoms with van der Waals surface area (Å²) >= 11 is 4.36. The molecule has 2 aliphatic heterocycles. The Morgan fingerprint density at radius 3 is 2.56 bits per heavy atom.